The first-order valence-corrected chi connectivity index (χ1v) is 12.9. The van der Waals surface area contributed by atoms with Crippen LogP contribution in [0.2, 0.25) is 5.02 Å². The van der Waals surface area contributed by atoms with Gasteiger partial charge >= 0.3 is 6.18 Å². The predicted molar refractivity (Wildman–Crippen MR) is 133 cm³/mol. The molecule has 36 heavy (non-hydrogen) atoms. The summed E-state index contributed by atoms with van der Waals surface area (Å²) in [5.41, 5.74) is -1.11. The third-order valence-electron chi connectivity index (χ3n) is 4.70. The van der Waals surface area contributed by atoms with E-state index in [9.17, 15) is 26.4 Å². The number of thioether (sulfide) groups is 1. The molecule has 0 atom stereocenters. The van der Waals surface area contributed by atoms with E-state index < -0.39 is 26.8 Å². The second-order valence-corrected chi connectivity index (χ2v) is 10.3. The molecule has 1 amide bonds. The van der Waals surface area contributed by atoms with Crippen LogP contribution in [-0.4, -0.2) is 34.3 Å². The lowest BCUT2D eigenvalue weighted by molar-refractivity contribution is -0.137. The van der Waals surface area contributed by atoms with E-state index in [1.54, 1.807) is 18.2 Å². The average Bonchev–Trinajstić information content (AvgIpc) is 2.83. The molecule has 13 heteroatoms. The average molecular weight is 561 g/mol. The minimum Gasteiger partial charge on any atom is -0.493 e. The van der Waals surface area contributed by atoms with Gasteiger partial charge in [0, 0.05) is 16.3 Å². The van der Waals surface area contributed by atoms with Crippen LogP contribution in [-0.2, 0) is 21.0 Å². The zero-order valence-electron chi connectivity index (χ0n) is 18.9. The Hall–Kier alpha value is -3.09. The van der Waals surface area contributed by atoms with Crippen molar-refractivity contribution >= 4 is 50.7 Å². The van der Waals surface area contributed by atoms with Gasteiger partial charge in [0.25, 0.3) is 10.0 Å². The van der Waals surface area contributed by atoms with E-state index in [1.165, 1.54) is 50.2 Å². The summed E-state index contributed by atoms with van der Waals surface area (Å²) in [5, 5.41) is 2.10. The Bertz CT molecular complexity index is 1350. The van der Waals surface area contributed by atoms with E-state index in [0.29, 0.717) is 23.3 Å². The maximum absolute atomic E-state index is 13.0. The van der Waals surface area contributed by atoms with Gasteiger partial charge in [-0.3, -0.25) is 9.52 Å². The molecule has 192 valence electrons. The number of methoxy groups -OCH3 is 2. The summed E-state index contributed by atoms with van der Waals surface area (Å²) >= 11 is 6.83. The topological polar surface area (TPSA) is 93.7 Å². The first-order chi connectivity index (χ1) is 16.9. The number of alkyl halides is 3. The fourth-order valence-corrected chi connectivity index (χ4v) is 4.99. The number of halogens is 4. The monoisotopic (exact) mass is 560 g/mol. The lowest BCUT2D eigenvalue weighted by atomic mass is 10.2. The van der Waals surface area contributed by atoms with Crippen LogP contribution in [0.5, 0.6) is 11.5 Å². The van der Waals surface area contributed by atoms with Gasteiger partial charge in [-0.1, -0.05) is 11.6 Å². The number of hydrogen-bond acceptors (Lipinski definition) is 6. The highest BCUT2D eigenvalue weighted by Gasteiger charge is 2.33. The summed E-state index contributed by atoms with van der Waals surface area (Å²) < 4.78 is 76.8. The molecule has 0 aliphatic carbocycles. The molecule has 7 nitrogen and oxygen atoms in total. The SMILES string of the molecule is COc1ccc(SCC(=O)Nc2ccc(S(=O)(=O)Nc3ccc(Cl)c(C(F)(F)F)c3)cc2)cc1OC. The van der Waals surface area contributed by atoms with Gasteiger partial charge in [0.1, 0.15) is 0 Å². The summed E-state index contributed by atoms with van der Waals surface area (Å²) in [6, 6.07) is 13.1. The highest BCUT2D eigenvalue weighted by molar-refractivity contribution is 8.00. The number of benzene rings is 3. The molecule has 3 aromatic rings. The Labute approximate surface area is 215 Å². The minimum absolute atomic E-state index is 0.0786. The Kier molecular flexibility index (Phi) is 8.64. The Morgan fingerprint density at radius 1 is 0.944 bits per heavy atom. The number of anilines is 2. The van der Waals surface area contributed by atoms with E-state index in [2.05, 4.69) is 10.0 Å². The largest absolute Gasteiger partial charge is 0.493 e. The van der Waals surface area contributed by atoms with Crippen LogP contribution >= 0.6 is 23.4 Å². The summed E-state index contributed by atoms with van der Waals surface area (Å²) in [4.78, 5) is 12.9. The first kappa shape index (κ1) is 27.5. The maximum atomic E-state index is 13.0. The van der Waals surface area contributed by atoms with Crippen molar-refractivity contribution in [1.82, 2.24) is 0 Å². The molecular formula is C23H20ClF3N2O5S2. The van der Waals surface area contributed by atoms with Gasteiger partial charge < -0.3 is 14.8 Å². The Morgan fingerprint density at radius 2 is 1.58 bits per heavy atom. The Morgan fingerprint density at radius 3 is 2.19 bits per heavy atom. The fourth-order valence-electron chi connectivity index (χ4n) is 2.99. The molecule has 0 spiro atoms. The van der Waals surface area contributed by atoms with Crippen molar-refractivity contribution in [3.63, 3.8) is 0 Å². The van der Waals surface area contributed by atoms with Gasteiger partial charge in [0.05, 0.1) is 35.5 Å². The van der Waals surface area contributed by atoms with E-state index in [1.807, 2.05) is 0 Å². The van der Waals surface area contributed by atoms with Crippen LogP contribution in [0.3, 0.4) is 0 Å². The van der Waals surface area contributed by atoms with Crippen molar-refractivity contribution in [3.05, 3.63) is 71.2 Å². The van der Waals surface area contributed by atoms with E-state index in [-0.39, 0.29) is 22.2 Å². The fraction of sp³-hybridized carbons (Fsp3) is 0.174. The molecule has 0 fully saturated rings. The highest BCUT2D eigenvalue weighted by Crippen LogP contribution is 2.36. The normalized spacial score (nSPS) is 11.6. The van der Waals surface area contributed by atoms with Crippen molar-refractivity contribution in [2.75, 3.05) is 30.0 Å². The van der Waals surface area contributed by atoms with Crippen molar-refractivity contribution in [2.24, 2.45) is 0 Å². The van der Waals surface area contributed by atoms with Crippen molar-refractivity contribution in [1.29, 1.82) is 0 Å². The molecule has 0 aliphatic heterocycles. The third-order valence-corrected chi connectivity index (χ3v) is 7.42. The summed E-state index contributed by atoms with van der Waals surface area (Å²) in [6.45, 7) is 0. The van der Waals surface area contributed by atoms with Crippen LogP contribution in [0, 0.1) is 0 Å². The molecule has 0 bridgehead atoms. The molecule has 0 saturated heterocycles. The molecule has 3 rings (SSSR count). The van der Waals surface area contributed by atoms with Crippen LogP contribution in [0.25, 0.3) is 0 Å². The summed E-state index contributed by atoms with van der Waals surface area (Å²) in [5.74, 6) is 0.841. The van der Waals surface area contributed by atoms with Gasteiger partial charge in [0.2, 0.25) is 5.91 Å². The molecule has 0 aliphatic rings. The van der Waals surface area contributed by atoms with Crippen LogP contribution in [0.4, 0.5) is 24.5 Å². The number of carbonyl (C=O) groups excluding carboxylic acids is 1. The second-order valence-electron chi connectivity index (χ2n) is 7.18. The van der Waals surface area contributed by atoms with Crippen molar-refractivity contribution < 1.29 is 35.9 Å². The van der Waals surface area contributed by atoms with Gasteiger partial charge in [-0.25, -0.2) is 8.42 Å². The number of nitrogens with one attached hydrogen (secondary N) is 2. The number of rotatable bonds is 9. The van der Waals surface area contributed by atoms with Gasteiger partial charge in [-0.2, -0.15) is 13.2 Å². The quantitative estimate of drug-likeness (QED) is 0.316. The molecule has 0 aromatic heterocycles. The zero-order chi connectivity index (χ0) is 26.5. The number of amides is 1. The number of carbonyl (C=O) groups is 1. The first-order valence-electron chi connectivity index (χ1n) is 10.1. The van der Waals surface area contributed by atoms with E-state index in [0.717, 1.165) is 17.0 Å². The second kappa shape index (κ2) is 11.3. The molecular weight excluding hydrogens is 541 g/mol. The van der Waals surface area contributed by atoms with Crippen LogP contribution < -0.4 is 19.5 Å². The van der Waals surface area contributed by atoms with E-state index >= 15 is 0 Å². The van der Waals surface area contributed by atoms with Gasteiger partial charge in [-0.15, -0.1) is 11.8 Å². The molecule has 2 N–H and O–H groups in total. The summed E-state index contributed by atoms with van der Waals surface area (Å²) in [6.07, 6.45) is -4.74. The lowest BCUT2D eigenvalue weighted by Gasteiger charge is -2.13. The molecule has 0 heterocycles. The number of sulfonamides is 1. The maximum Gasteiger partial charge on any atom is 0.417 e. The van der Waals surface area contributed by atoms with E-state index in [4.69, 9.17) is 21.1 Å². The van der Waals surface area contributed by atoms with Crippen LogP contribution in [0.15, 0.2) is 70.5 Å². The zero-order valence-corrected chi connectivity index (χ0v) is 21.2. The van der Waals surface area contributed by atoms with Crippen molar-refractivity contribution in [2.45, 2.75) is 16.0 Å². The molecule has 0 radical (unpaired) electrons. The number of hydrogen-bond donors (Lipinski definition) is 2. The number of ether oxygens (including phenoxy) is 2. The Balaban J connectivity index is 1.63. The lowest BCUT2D eigenvalue weighted by Crippen LogP contribution is -2.15. The molecule has 3 aromatic carbocycles. The van der Waals surface area contributed by atoms with Gasteiger partial charge in [0.15, 0.2) is 11.5 Å². The predicted octanol–water partition coefficient (Wildman–Crippen LogP) is 5.91. The van der Waals surface area contributed by atoms with Gasteiger partial charge in [-0.05, 0) is 60.7 Å². The molecule has 0 saturated carbocycles. The third kappa shape index (κ3) is 6.99. The highest BCUT2D eigenvalue weighted by atomic mass is 35.5. The van der Waals surface area contributed by atoms with Crippen molar-refractivity contribution in [3.8, 4) is 11.5 Å². The standard InChI is InChI=1S/C23H20ClF3N2O5S2/c1-33-20-10-6-16(12-21(20)34-2)35-13-22(30)28-14-3-7-17(8-4-14)36(31,32)29-15-5-9-19(24)18(11-15)23(25,26)27/h3-12,29H,13H2,1-2H3,(H,28,30). The molecule has 0 unspecified atom stereocenters. The summed E-state index contributed by atoms with van der Waals surface area (Å²) in [7, 11) is -1.16. The minimum atomic E-state index is -4.74. The smallest absolute Gasteiger partial charge is 0.417 e. The van der Waals surface area contributed by atoms with Crippen LogP contribution in [0.1, 0.15) is 5.56 Å².